The van der Waals surface area contributed by atoms with Crippen LogP contribution in [0.1, 0.15) is 23.1 Å². The molecule has 0 unspecified atom stereocenters. The Morgan fingerprint density at radius 1 is 1.14 bits per heavy atom. The van der Waals surface area contributed by atoms with E-state index >= 15 is 0 Å². The van der Waals surface area contributed by atoms with Gasteiger partial charge in [0.15, 0.2) is 5.82 Å². The van der Waals surface area contributed by atoms with Crippen LogP contribution in [-0.2, 0) is 11.3 Å². The van der Waals surface area contributed by atoms with Crippen LogP contribution >= 0.6 is 0 Å². The second-order valence-electron chi connectivity index (χ2n) is 7.29. The molecule has 28 heavy (non-hydrogen) atoms. The molecule has 1 fully saturated rings. The number of aromatic amines is 2. The minimum atomic E-state index is 0.265. The van der Waals surface area contributed by atoms with E-state index in [1.807, 2.05) is 37.4 Å². The Morgan fingerprint density at radius 2 is 1.96 bits per heavy atom. The molecule has 4 rings (SSSR count). The molecule has 3 aromatic rings. The van der Waals surface area contributed by atoms with Crippen molar-refractivity contribution in [3.8, 4) is 17.0 Å². The van der Waals surface area contributed by atoms with Crippen molar-refractivity contribution < 1.29 is 9.47 Å². The quantitative estimate of drug-likeness (QED) is 0.652. The number of benzene rings is 1. The lowest BCUT2D eigenvalue weighted by molar-refractivity contribution is 0.146. The topological polar surface area (TPSA) is 92.0 Å². The van der Waals surface area contributed by atoms with Crippen LogP contribution in [-0.4, -0.2) is 64.2 Å². The summed E-state index contributed by atoms with van der Waals surface area (Å²) in [7, 11) is 3.42. The molecule has 1 aliphatic heterocycles. The maximum atomic E-state index is 5.46. The number of nitrogens with one attached hydrogen (secondary N) is 2. The molecule has 1 aliphatic rings. The minimum absolute atomic E-state index is 0.265. The van der Waals surface area contributed by atoms with Crippen molar-refractivity contribution in [3.63, 3.8) is 0 Å². The second-order valence-corrected chi connectivity index (χ2v) is 7.29. The number of aromatic nitrogens is 5. The minimum Gasteiger partial charge on any atom is -0.497 e. The van der Waals surface area contributed by atoms with Crippen LogP contribution in [0.5, 0.6) is 5.75 Å². The van der Waals surface area contributed by atoms with Crippen molar-refractivity contribution in [2.45, 2.75) is 19.4 Å². The van der Waals surface area contributed by atoms with Crippen molar-refractivity contribution in [1.82, 2.24) is 30.3 Å². The zero-order valence-corrected chi connectivity index (χ0v) is 16.5. The van der Waals surface area contributed by atoms with E-state index in [0.717, 1.165) is 48.3 Å². The van der Waals surface area contributed by atoms with Gasteiger partial charge < -0.3 is 9.47 Å². The maximum absolute atomic E-state index is 5.46. The lowest BCUT2D eigenvalue weighted by atomic mass is 9.96. The molecule has 0 bridgehead atoms. The van der Waals surface area contributed by atoms with E-state index in [9.17, 15) is 0 Å². The van der Waals surface area contributed by atoms with Crippen molar-refractivity contribution in [2.75, 3.05) is 33.9 Å². The molecule has 8 heteroatoms. The van der Waals surface area contributed by atoms with Crippen molar-refractivity contribution in [3.05, 3.63) is 47.7 Å². The summed E-state index contributed by atoms with van der Waals surface area (Å²) in [6, 6.07) is 8.03. The Kier molecular flexibility index (Phi) is 5.40. The number of hydrogen-bond acceptors (Lipinski definition) is 6. The van der Waals surface area contributed by atoms with Gasteiger partial charge in [0.1, 0.15) is 11.6 Å². The summed E-state index contributed by atoms with van der Waals surface area (Å²) in [5, 5.41) is 14.8. The number of ether oxygens (including phenoxy) is 2. The summed E-state index contributed by atoms with van der Waals surface area (Å²) in [6.07, 6.45) is 1.91. The lowest BCUT2D eigenvalue weighted by Gasteiger charge is -2.15. The van der Waals surface area contributed by atoms with Crippen molar-refractivity contribution >= 4 is 0 Å². The van der Waals surface area contributed by atoms with Crippen LogP contribution in [0.3, 0.4) is 0 Å². The van der Waals surface area contributed by atoms with Crippen LogP contribution in [0, 0.1) is 12.8 Å². The molecule has 1 saturated heterocycles. The first kappa shape index (κ1) is 18.6. The fourth-order valence-electron chi connectivity index (χ4n) is 3.97. The first-order valence-corrected chi connectivity index (χ1v) is 9.44. The number of H-pyrrole nitrogens is 2. The first-order chi connectivity index (χ1) is 13.7. The number of rotatable bonds is 7. The first-order valence-electron chi connectivity index (χ1n) is 9.44. The third-order valence-corrected chi connectivity index (χ3v) is 5.33. The van der Waals surface area contributed by atoms with E-state index in [1.165, 1.54) is 5.56 Å². The molecular weight excluding hydrogens is 356 g/mol. The molecule has 1 aromatic carbocycles. The van der Waals surface area contributed by atoms with E-state index in [0.29, 0.717) is 12.5 Å². The highest BCUT2D eigenvalue weighted by molar-refractivity contribution is 5.63. The standard InChI is InChI=1S/C20H26N6O2/c1-13-22-20(25-23-13)18-11-26(10-16(18)12-27-2)9-15-8-21-24-19(15)14-4-6-17(28-3)7-5-14/h4-8,16,18H,9-12H2,1-3H3,(H,21,24)(H,22,23,25)/t16-,18+/m0/s1. The smallest absolute Gasteiger partial charge is 0.155 e. The molecule has 0 saturated carbocycles. The monoisotopic (exact) mass is 382 g/mol. The van der Waals surface area contributed by atoms with E-state index in [4.69, 9.17) is 9.47 Å². The third-order valence-electron chi connectivity index (χ3n) is 5.33. The predicted molar refractivity (Wildman–Crippen MR) is 105 cm³/mol. The summed E-state index contributed by atoms with van der Waals surface area (Å²) in [5.74, 6) is 3.21. The average Bonchev–Trinajstić information content (AvgIpc) is 3.43. The Morgan fingerprint density at radius 3 is 2.64 bits per heavy atom. The molecule has 0 aliphatic carbocycles. The Hall–Kier alpha value is -2.71. The zero-order chi connectivity index (χ0) is 19.5. The highest BCUT2D eigenvalue weighted by Gasteiger charge is 2.36. The Bertz CT molecular complexity index is 904. The molecule has 8 nitrogen and oxygen atoms in total. The predicted octanol–water partition coefficient (Wildman–Crippen LogP) is 2.37. The molecule has 2 N–H and O–H groups in total. The Labute approximate surface area is 164 Å². The second kappa shape index (κ2) is 8.12. The molecule has 0 spiro atoms. The fourth-order valence-corrected chi connectivity index (χ4v) is 3.97. The van der Waals surface area contributed by atoms with Gasteiger partial charge in [-0.05, 0) is 31.2 Å². The Balaban J connectivity index is 1.51. The van der Waals surface area contributed by atoms with E-state index in [-0.39, 0.29) is 5.92 Å². The highest BCUT2D eigenvalue weighted by atomic mass is 16.5. The van der Waals surface area contributed by atoms with Crippen molar-refractivity contribution in [2.24, 2.45) is 5.92 Å². The molecule has 2 atom stereocenters. The number of aryl methyl sites for hydroxylation is 1. The van der Waals surface area contributed by atoms with Crippen LogP contribution in [0.4, 0.5) is 0 Å². The summed E-state index contributed by atoms with van der Waals surface area (Å²) >= 11 is 0. The molecule has 0 radical (unpaired) electrons. The molecule has 2 aromatic heterocycles. The van der Waals surface area contributed by atoms with Gasteiger partial charge in [-0.15, -0.1) is 0 Å². The van der Waals surface area contributed by atoms with Gasteiger partial charge in [-0.3, -0.25) is 15.1 Å². The van der Waals surface area contributed by atoms with Gasteiger partial charge in [-0.25, -0.2) is 4.98 Å². The van der Waals surface area contributed by atoms with Gasteiger partial charge >= 0.3 is 0 Å². The third kappa shape index (κ3) is 3.79. The van der Waals surface area contributed by atoms with Gasteiger partial charge in [0, 0.05) is 49.7 Å². The molecular formula is C20H26N6O2. The largest absolute Gasteiger partial charge is 0.497 e. The number of hydrogen-bond donors (Lipinski definition) is 2. The van der Waals surface area contributed by atoms with E-state index in [1.54, 1.807) is 14.2 Å². The van der Waals surface area contributed by atoms with Crippen LogP contribution in [0.2, 0.25) is 0 Å². The summed E-state index contributed by atoms with van der Waals surface area (Å²) in [4.78, 5) is 6.99. The maximum Gasteiger partial charge on any atom is 0.155 e. The molecule has 3 heterocycles. The zero-order valence-electron chi connectivity index (χ0n) is 16.5. The summed E-state index contributed by atoms with van der Waals surface area (Å²) in [6.45, 7) is 5.29. The van der Waals surface area contributed by atoms with Gasteiger partial charge in [0.05, 0.1) is 25.6 Å². The number of likely N-dealkylation sites (tertiary alicyclic amines) is 1. The number of methoxy groups -OCH3 is 2. The van der Waals surface area contributed by atoms with Gasteiger partial charge in [-0.1, -0.05) is 0 Å². The van der Waals surface area contributed by atoms with Gasteiger partial charge in [0.2, 0.25) is 0 Å². The molecule has 0 amide bonds. The summed E-state index contributed by atoms with van der Waals surface area (Å²) < 4.78 is 10.7. The van der Waals surface area contributed by atoms with E-state index in [2.05, 4.69) is 30.3 Å². The number of nitrogens with zero attached hydrogens (tertiary/aromatic N) is 4. The van der Waals surface area contributed by atoms with Crippen LogP contribution in [0.15, 0.2) is 30.5 Å². The van der Waals surface area contributed by atoms with Gasteiger partial charge in [0.25, 0.3) is 0 Å². The summed E-state index contributed by atoms with van der Waals surface area (Å²) in [5.41, 5.74) is 3.32. The fraction of sp³-hybridized carbons (Fsp3) is 0.450. The van der Waals surface area contributed by atoms with Gasteiger partial charge in [-0.2, -0.15) is 10.2 Å². The average molecular weight is 382 g/mol. The lowest BCUT2D eigenvalue weighted by Crippen LogP contribution is -2.21. The normalized spacial score (nSPS) is 20.0. The molecule has 148 valence electrons. The van der Waals surface area contributed by atoms with Crippen LogP contribution < -0.4 is 4.74 Å². The van der Waals surface area contributed by atoms with Crippen molar-refractivity contribution in [1.29, 1.82) is 0 Å². The van der Waals surface area contributed by atoms with E-state index < -0.39 is 0 Å². The SMILES string of the molecule is COC[C@@H]1CN(Cc2cn[nH]c2-c2ccc(OC)cc2)C[C@H]1c1n[nH]c(C)n1. The highest BCUT2D eigenvalue weighted by Crippen LogP contribution is 2.33. The van der Waals surface area contributed by atoms with Crippen LogP contribution in [0.25, 0.3) is 11.3 Å².